The van der Waals surface area contributed by atoms with Gasteiger partial charge in [0.05, 0.1) is 10.6 Å². The number of hydrogen-bond acceptors (Lipinski definition) is 4. The van der Waals surface area contributed by atoms with Gasteiger partial charge >= 0.3 is 0 Å². The van der Waals surface area contributed by atoms with E-state index in [1.807, 2.05) is 36.4 Å². The molecule has 30 heavy (non-hydrogen) atoms. The Morgan fingerprint density at radius 2 is 1.57 bits per heavy atom. The third-order valence-corrected chi connectivity index (χ3v) is 6.89. The fourth-order valence-corrected chi connectivity index (χ4v) is 4.46. The van der Waals surface area contributed by atoms with Crippen molar-refractivity contribution in [3.05, 3.63) is 84.4 Å². The molecule has 1 aliphatic rings. The molecule has 0 spiro atoms. The fourth-order valence-electron chi connectivity index (χ4n) is 3.05. The van der Waals surface area contributed by atoms with Crippen molar-refractivity contribution in [1.82, 2.24) is 4.31 Å². The SMILES string of the molecule is CN(C1CC1)S(=O)(=O)c1ccc(C(=O)Nc2ccccc2Oc2ccccc2)cc1. The third-order valence-electron chi connectivity index (χ3n) is 4.96. The topological polar surface area (TPSA) is 75.7 Å². The number of ether oxygens (including phenoxy) is 1. The van der Waals surface area contributed by atoms with Gasteiger partial charge in [-0.3, -0.25) is 4.79 Å². The first-order valence-corrected chi connectivity index (χ1v) is 11.1. The van der Waals surface area contributed by atoms with Gasteiger partial charge in [0, 0.05) is 18.7 Å². The van der Waals surface area contributed by atoms with Crippen LogP contribution in [0.25, 0.3) is 0 Å². The number of para-hydroxylation sites is 3. The largest absolute Gasteiger partial charge is 0.455 e. The summed E-state index contributed by atoms with van der Waals surface area (Å²) in [7, 11) is -1.94. The first kappa shape index (κ1) is 20.1. The molecule has 3 aromatic carbocycles. The quantitative estimate of drug-likeness (QED) is 0.608. The van der Waals surface area contributed by atoms with Crippen LogP contribution < -0.4 is 10.1 Å². The van der Waals surface area contributed by atoms with Crippen LogP contribution in [0.3, 0.4) is 0 Å². The standard InChI is InChI=1S/C23H22N2O4S/c1-25(18-13-14-18)30(27,28)20-15-11-17(12-16-20)23(26)24-21-9-5-6-10-22(21)29-19-7-3-2-4-8-19/h2-12,15-16,18H,13-14H2,1H3,(H,24,26). The molecule has 6 nitrogen and oxygen atoms in total. The molecule has 0 atom stereocenters. The van der Waals surface area contributed by atoms with Crippen LogP contribution in [0.1, 0.15) is 23.2 Å². The lowest BCUT2D eigenvalue weighted by molar-refractivity contribution is 0.102. The number of rotatable bonds is 7. The molecule has 0 bridgehead atoms. The normalized spacial score (nSPS) is 13.8. The number of anilines is 1. The molecule has 0 aliphatic heterocycles. The highest BCUT2D eigenvalue weighted by Gasteiger charge is 2.35. The molecule has 7 heteroatoms. The first-order valence-electron chi connectivity index (χ1n) is 9.66. The van der Waals surface area contributed by atoms with Crippen molar-refractivity contribution in [3.8, 4) is 11.5 Å². The molecule has 1 saturated carbocycles. The molecule has 1 fully saturated rings. The highest BCUT2D eigenvalue weighted by atomic mass is 32.2. The van der Waals surface area contributed by atoms with E-state index in [-0.39, 0.29) is 16.8 Å². The predicted molar refractivity (Wildman–Crippen MR) is 115 cm³/mol. The molecule has 1 aliphatic carbocycles. The number of nitrogens with zero attached hydrogens (tertiary/aromatic N) is 1. The van der Waals surface area contributed by atoms with Crippen molar-refractivity contribution in [2.45, 2.75) is 23.8 Å². The Balaban J connectivity index is 1.49. The van der Waals surface area contributed by atoms with E-state index < -0.39 is 10.0 Å². The minimum Gasteiger partial charge on any atom is -0.455 e. The molecule has 4 rings (SSSR count). The summed E-state index contributed by atoms with van der Waals surface area (Å²) in [5.74, 6) is 0.828. The second kappa shape index (κ2) is 8.30. The minimum absolute atomic E-state index is 0.0825. The van der Waals surface area contributed by atoms with Crippen molar-refractivity contribution >= 4 is 21.6 Å². The molecule has 0 saturated heterocycles. The van der Waals surface area contributed by atoms with Gasteiger partial charge in [0.15, 0.2) is 5.75 Å². The third kappa shape index (κ3) is 4.37. The van der Waals surface area contributed by atoms with Crippen LogP contribution in [-0.4, -0.2) is 31.7 Å². The molecule has 0 aromatic heterocycles. The van der Waals surface area contributed by atoms with Gasteiger partial charge < -0.3 is 10.1 Å². The van der Waals surface area contributed by atoms with E-state index in [1.54, 1.807) is 25.2 Å². The molecule has 0 unspecified atom stereocenters. The Bertz CT molecular complexity index is 1140. The van der Waals surface area contributed by atoms with Crippen LogP contribution in [0, 0.1) is 0 Å². The number of carbonyl (C=O) groups is 1. The van der Waals surface area contributed by atoms with E-state index in [2.05, 4.69) is 5.32 Å². The average Bonchev–Trinajstić information content (AvgIpc) is 3.61. The van der Waals surface area contributed by atoms with Gasteiger partial charge in [-0.2, -0.15) is 4.31 Å². The summed E-state index contributed by atoms with van der Waals surface area (Å²) in [4.78, 5) is 12.9. The van der Waals surface area contributed by atoms with E-state index in [4.69, 9.17) is 4.74 Å². The van der Waals surface area contributed by atoms with Crippen molar-refractivity contribution in [1.29, 1.82) is 0 Å². The summed E-state index contributed by atoms with van der Waals surface area (Å²) in [5, 5.41) is 2.83. The monoisotopic (exact) mass is 422 g/mol. The van der Waals surface area contributed by atoms with Gasteiger partial charge in [0.2, 0.25) is 10.0 Å². The maximum Gasteiger partial charge on any atom is 0.255 e. The van der Waals surface area contributed by atoms with Gasteiger partial charge in [-0.1, -0.05) is 30.3 Å². The van der Waals surface area contributed by atoms with E-state index in [0.29, 0.717) is 22.7 Å². The number of nitrogens with one attached hydrogen (secondary N) is 1. The number of hydrogen-bond donors (Lipinski definition) is 1. The smallest absolute Gasteiger partial charge is 0.255 e. The first-order chi connectivity index (χ1) is 14.4. The summed E-state index contributed by atoms with van der Waals surface area (Å²) in [6.45, 7) is 0. The predicted octanol–water partition coefficient (Wildman–Crippen LogP) is 4.51. The van der Waals surface area contributed by atoms with Gasteiger partial charge in [0.1, 0.15) is 5.75 Å². The highest BCUT2D eigenvalue weighted by Crippen LogP contribution is 2.31. The zero-order valence-electron chi connectivity index (χ0n) is 16.5. The Kier molecular flexibility index (Phi) is 5.57. The lowest BCUT2D eigenvalue weighted by atomic mass is 10.2. The average molecular weight is 423 g/mol. The molecule has 1 N–H and O–H groups in total. The Labute approximate surface area is 176 Å². The number of amides is 1. The lowest BCUT2D eigenvalue weighted by Crippen LogP contribution is -2.29. The van der Waals surface area contributed by atoms with Crippen LogP contribution in [0.4, 0.5) is 5.69 Å². The second-order valence-electron chi connectivity index (χ2n) is 7.14. The van der Waals surface area contributed by atoms with Gasteiger partial charge in [-0.25, -0.2) is 8.42 Å². The van der Waals surface area contributed by atoms with Gasteiger partial charge in [-0.05, 0) is 61.4 Å². The summed E-state index contributed by atoms with van der Waals surface area (Å²) >= 11 is 0. The maximum atomic E-state index is 12.7. The van der Waals surface area contributed by atoms with Crippen molar-refractivity contribution < 1.29 is 17.9 Å². The molecule has 1 amide bonds. The Hall–Kier alpha value is -3.16. The van der Waals surface area contributed by atoms with Crippen LogP contribution in [-0.2, 0) is 10.0 Å². The summed E-state index contributed by atoms with van der Waals surface area (Å²) in [5.41, 5.74) is 0.883. The van der Waals surface area contributed by atoms with Crippen molar-refractivity contribution in [2.24, 2.45) is 0 Å². The van der Waals surface area contributed by atoms with Crippen molar-refractivity contribution in [2.75, 3.05) is 12.4 Å². The lowest BCUT2D eigenvalue weighted by Gasteiger charge is -2.16. The fraction of sp³-hybridized carbons (Fsp3) is 0.174. The highest BCUT2D eigenvalue weighted by molar-refractivity contribution is 7.89. The number of benzene rings is 3. The molecule has 3 aromatic rings. The Morgan fingerprint density at radius 1 is 0.933 bits per heavy atom. The zero-order chi connectivity index (χ0) is 21.1. The molecule has 0 radical (unpaired) electrons. The van der Waals surface area contributed by atoms with Crippen LogP contribution in [0.2, 0.25) is 0 Å². The Morgan fingerprint density at radius 3 is 2.23 bits per heavy atom. The summed E-state index contributed by atoms with van der Waals surface area (Å²) < 4.78 is 32.5. The summed E-state index contributed by atoms with van der Waals surface area (Å²) in [6, 6.07) is 22.5. The minimum atomic E-state index is -3.54. The molecular weight excluding hydrogens is 400 g/mol. The van der Waals surface area contributed by atoms with E-state index in [9.17, 15) is 13.2 Å². The summed E-state index contributed by atoms with van der Waals surface area (Å²) in [6.07, 6.45) is 1.78. The van der Waals surface area contributed by atoms with Crippen LogP contribution >= 0.6 is 0 Å². The van der Waals surface area contributed by atoms with E-state index in [1.165, 1.54) is 28.6 Å². The van der Waals surface area contributed by atoms with Crippen LogP contribution in [0.5, 0.6) is 11.5 Å². The van der Waals surface area contributed by atoms with E-state index >= 15 is 0 Å². The maximum absolute atomic E-state index is 12.7. The molecular formula is C23H22N2O4S. The van der Waals surface area contributed by atoms with Gasteiger partial charge in [0.25, 0.3) is 5.91 Å². The zero-order valence-corrected chi connectivity index (χ0v) is 17.3. The molecule has 0 heterocycles. The van der Waals surface area contributed by atoms with E-state index in [0.717, 1.165) is 12.8 Å². The molecule has 154 valence electrons. The second-order valence-corrected chi connectivity index (χ2v) is 9.14. The van der Waals surface area contributed by atoms with Crippen molar-refractivity contribution in [3.63, 3.8) is 0 Å². The van der Waals surface area contributed by atoms with Gasteiger partial charge in [-0.15, -0.1) is 0 Å². The number of carbonyl (C=O) groups excluding carboxylic acids is 1. The van der Waals surface area contributed by atoms with Crippen LogP contribution in [0.15, 0.2) is 83.8 Å². The number of sulfonamides is 1.